The maximum absolute atomic E-state index is 12.1. The van der Waals surface area contributed by atoms with Gasteiger partial charge in [-0.05, 0) is 18.5 Å². The molecule has 0 bridgehead atoms. The number of hydrogen-bond acceptors (Lipinski definition) is 2. The van der Waals surface area contributed by atoms with Gasteiger partial charge in [0.15, 0.2) is 0 Å². The molecule has 7 heteroatoms. The minimum Gasteiger partial charge on any atom is -0.326 e. The van der Waals surface area contributed by atoms with Gasteiger partial charge in [-0.15, -0.1) is 24.8 Å². The molecule has 0 radical (unpaired) electrons. The molecule has 0 aromatic heterocycles. The number of likely N-dealkylation sites (tertiary alicyclic amines) is 1. The number of halogens is 5. The second-order valence-electron chi connectivity index (χ2n) is 5.16. The molecule has 2 rings (SSSR count). The zero-order valence-electron chi connectivity index (χ0n) is 11.6. The fourth-order valence-electron chi connectivity index (χ4n) is 2.65. The van der Waals surface area contributed by atoms with Crippen LogP contribution in [0.5, 0.6) is 0 Å². The first-order valence-corrected chi connectivity index (χ1v) is 6.55. The first-order chi connectivity index (χ1) is 8.96. The topological polar surface area (TPSA) is 29.3 Å². The van der Waals surface area contributed by atoms with E-state index in [1.807, 2.05) is 35.2 Å². The Morgan fingerprint density at radius 3 is 2.29 bits per heavy atom. The van der Waals surface area contributed by atoms with Crippen LogP contribution in [0.25, 0.3) is 0 Å². The summed E-state index contributed by atoms with van der Waals surface area (Å²) < 4.78 is 36.3. The average Bonchev–Trinajstić information content (AvgIpc) is 2.70. The van der Waals surface area contributed by atoms with Crippen molar-refractivity contribution < 1.29 is 13.2 Å². The third kappa shape index (κ3) is 6.43. The van der Waals surface area contributed by atoms with Crippen molar-refractivity contribution in [1.29, 1.82) is 0 Å². The highest BCUT2D eigenvalue weighted by Crippen LogP contribution is 2.27. The van der Waals surface area contributed by atoms with Crippen LogP contribution in [0.4, 0.5) is 13.2 Å². The molecule has 2 atom stereocenters. The zero-order valence-corrected chi connectivity index (χ0v) is 13.2. The predicted molar refractivity (Wildman–Crippen MR) is 83.4 cm³/mol. The van der Waals surface area contributed by atoms with E-state index < -0.39 is 12.6 Å². The van der Waals surface area contributed by atoms with Gasteiger partial charge in [-0.1, -0.05) is 30.3 Å². The van der Waals surface area contributed by atoms with Crippen molar-refractivity contribution in [1.82, 2.24) is 4.90 Å². The van der Waals surface area contributed by atoms with E-state index in [0.717, 1.165) is 6.54 Å². The van der Waals surface area contributed by atoms with E-state index in [1.54, 1.807) is 0 Å². The Balaban J connectivity index is 0.00000200. The van der Waals surface area contributed by atoms with Crippen molar-refractivity contribution in [3.8, 4) is 0 Å². The van der Waals surface area contributed by atoms with Crippen molar-refractivity contribution in [3.63, 3.8) is 0 Å². The lowest BCUT2D eigenvalue weighted by molar-refractivity contribution is -0.136. The maximum Gasteiger partial charge on any atom is 0.389 e. The van der Waals surface area contributed by atoms with Crippen LogP contribution in [0.1, 0.15) is 24.3 Å². The van der Waals surface area contributed by atoms with Crippen LogP contribution in [0, 0.1) is 0 Å². The third-order valence-electron chi connectivity index (χ3n) is 3.60. The molecule has 1 heterocycles. The monoisotopic (exact) mass is 344 g/mol. The molecule has 0 saturated carbocycles. The van der Waals surface area contributed by atoms with Gasteiger partial charge in [-0.25, -0.2) is 0 Å². The maximum atomic E-state index is 12.1. The normalized spacial score (nSPS) is 22.5. The Labute approximate surface area is 135 Å². The summed E-state index contributed by atoms with van der Waals surface area (Å²) in [4.78, 5) is 2.04. The van der Waals surface area contributed by atoms with E-state index in [9.17, 15) is 13.2 Å². The second-order valence-corrected chi connectivity index (χ2v) is 5.16. The highest BCUT2D eigenvalue weighted by molar-refractivity contribution is 5.85. The molecule has 0 unspecified atom stereocenters. The molecule has 1 aliphatic heterocycles. The quantitative estimate of drug-likeness (QED) is 0.904. The van der Waals surface area contributed by atoms with E-state index in [1.165, 1.54) is 5.56 Å². The van der Waals surface area contributed by atoms with E-state index in [0.29, 0.717) is 13.1 Å². The smallest absolute Gasteiger partial charge is 0.326 e. The second kappa shape index (κ2) is 8.83. The van der Waals surface area contributed by atoms with Gasteiger partial charge in [0.25, 0.3) is 0 Å². The van der Waals surface area contributed by atoms with Gasteiger partial charge in [0.2, 0.25) is 0 Å². The van der Waals surface area contributed by atoms with Crippen LogP contribution in [0.3, 0.4) is 0 Å². The van der Waals surface area contributed by atoms with Crippen molar-refractivity contribution in [2.75, 3.05) is 19.6 Å². The van der Waals surface area contributed by atoms with E-state index >= 15 is 0 Å². The molecule has 1 aliphatic rings. The van der Waals surface area contributed by atoms with Crippen molar-refractivity contribution in [2.45, 2.75) is 31.0 Å². The number of benzene rings is 1. The van der Waals surface area contributed by atoms with Gasteiger partial charge < -0.3 is 10.6 Å². The van der Waals surface area contributed by atoms with Crippen LogP contribution < -0.4 is 5.73 Å². The van der Waals surface area contributed by atoms with Gasteiger partial charge >= 0.3 is 6.18 Å². The Morgan fingerprint density at radius 1 is 1.10 bits per heavy atom. The number of nitrogens with two attached hydrogens (primary N) is 1. The molecule has 1 fully saturated rings. The lowest BCUT2D eigenvalue weighted by Crippen LogP contribution is -2.29. The highest BCUT2D eigenvalue weighted by Gasteiger charge is 2.32. The number of hydrogen-bond donors (Lipinski definition) is 1. The third-order valence-corrected chi connectivity index (χ3v) is 3.60. The summed E-state index contributed by atoms with van der Waals surface area (Å²) in [6.45, 7) is 1.90. The van der Waals surface area contributed by atoms with E-state index in [2.05, 4.69) is 0 Å². The first-order valence-electron chi connectivity index (χ1n) is 6.55. The number of rotatable bonds is 4. The van der Waals surface area contributed by atoms with Crippen LogP contribution in [-0.2, 0) is 0 Å². The van der Waals surface area contributed by atoms with Crippen LogP contribution in [-0.4, -0.2) is 36.8 Å². The Morgan fingerprint density at radius 2 is 1.71 bits per heavy atom. The van der Waals surface area contributed by atoms with E-state index in [-0.39, 0.29) is 43.2 Å². The fraction of sp³-hybridized carbons (Fsp3) is 0.571. The summed E-state index contributed by atoms with van der Waals surface area (Å²) in [6, 6.07) is 9.95. The van der Waals surface area contributed by atoms with Gasteiger partial charge in [0.05, 0.1) is 0 Å². The Kier molecular flexibility index (Phi) is 8.63. The predicted octanol–water partition coefficient (Wildman–Crippen LogP) is 3.60. The van der Waals surface area contributed by atoms with Crippen molar-refractivity contribution >= 4 is 24.8 Å². The molecule has 2 N–H and O–H groups in total. The average molecular weight is 345 g/mol. The minimum absolute atomic E-state index is 0. The first kappa shape index (κ1) is 20.5. The Hall–Kier alpha value is -0.490. The summed E-state index contributed by atoms with van der Waals surface area (Å²) in [5, 5.41) is 0. The van der Waals surface area contributed by atoms with Crippen LogP contribution >= 0.6 is 24.8 Å². The van der Waals surface area contributed by atoms with Gasteiger partial charge in [-0.2, -0.15) is 13.2 Å². The summed E-state index contributed by atoms with van der Waals surface area (Å²) in [7, 11) is 0. The fourth-order valence-corrected chi connectivity index (χ4v) is 2.65. The molecule has 1 aromatic rings. The van der Waals surface area contributed by atoms with Gasteiger partial charge in [0.1, 0.15) is 0 Å². The molecule has 122 valence electrons. The van der Waals surface area contributed by atoms with Crippen molar-refractivity contribution in [3.05, 3.63) is 35.9 Å². The summed E-state index contributed by atoms with van der Waals surface area (Å²) >= 11 is 0. The summed E-state index contributed by atoms with van der Waals surface area (Å²) in [6.07, 6.45) is -4.62. The molecule has 0 aliphatic carbocycles. The van der Waals surface area contributed by atoms with Gasteiger partial charge in [0, 0.05) is 31.5 Å². The molecular weight excluding hydrogens is 324 g/mol. The molecule has 1 saturated heterocycles. The van der Waals surface area contributed by atoms with Crippen molar-refractivity contribution in [2.24, 2.45) is 5.73 Å². The van der Waals surface area contributed by atoms with E-state index in [4.69, 9.17) is 5.73 Å². The molecule has 21 heavy (non-hydrogen) atoms. The SMILES string of the molecule is Cl.Cl.N[C@H]1CN(CCCC(F)(F)F)C[C@@H]1c1ccccc1. The molecule has 2 nitrogen and oxygen atoms in total. The Bertz CT molecular complexity index is 401. The van der Waals surface area contributed by atoms with Gasteiger partial charge in [-0.3, -0.25) is 0 Å². The lowest BCUT2D eigenvalue weighted by atomic mass is 9.95. The summed E-state index contributed by atoms with van der Waals surface area (Å²) in [5.41, 5.74) is 7.27. The van der Waals surface area contributed by atoms with Crippen LogP contribution in [0.2, 0.25) is 0 Å². The van der Waals surface area contributed by atoms with Crippen LogP contribution in [0.15, 0.2) is 30.3 Å². The lowest BCUT2D eigenvalue weighted by Gasteiger charge is -2.16. The minimum atomic E-state index is -4.05. The standard InChI is InChI=1S/C14H19F3N2.2ClH/c15-14(16,17)7-4-8-19-9-12(13(18)10-19)11-5-2-1-3-6-11;;/h1-3,5-6,12-13H,4,7-10,18H2;2*1H/t12-,13+;;/m1../s1. The molecule has 0 amide bonds. The molecular formula is C14H21Cl2F3N2. The number of alkyl halides is 3. The molecule has 0 spiro atoms. The zero-order chi connectivity index (χ0) is 13.9. The summed E-state index contributed by atoms with van der Waals surface area (Å²) in [5.74, 6) is 0.229. The number of nitrogens with zero attached hydrogens (tertiary/aromatic N) is 1. The molecule has 1 aromatic carbocycles. The largest absolute Gasteiger partial charge is 0.389 e. The highest BCUT2D eigenvalue weighted by atomic mass is 35.5.